The summed E-state index contributed by atoms with van der Waals surface area (Å²) >= 11 is 3.64. The molecule has 1 saturated carbocycles. The lowest BCUT2D eigenvalue weighted by Crippen LogP contribution is -2.43. The van der Waals surface area contributed by atoms with Gasteiger partial charge in [-0.2, -0.15) is 0 Å². The predicted molar refractivity (Wildman–Crippen MR) is 95.6 cm³/mol. The summed E-state index contributed by atoms with van der Waals surface area (Å²) in [6.45, 7) is 3.14. The molecule has 2 N–H and O–H groups in total. The Labute approximate surface area is 146 Å². The molecule has 0 heterocycles. The number of methoxy groups -OCH3 is 1. The number of hydrogen-bond acceptors (Lipinski definition) is 3. The molecule has 1 aliphatic carbocycles. The maximum atomic E-state index is 11.4. The molecule has 1 aromatic rings. The van der Waals surface area contributed by atoms with Crippen molar-refractivity contribution in [3.8, 4) is 0 Å². The zero-order valence-corrected chi connectivity index (χ0v) is 15.4. The van der Waals surface area contributed by atoms with E-state index in [1.165, 1.54) is 12.7 Å². The van der Waals surface area contributed by atoms with Crippen LogP contribution in [0.1, 0.15) is 25.3 Å². The average Bonchev–Trinajstić information content (AvgIpc) is 3.35. The standard InChI is InChI=1S/C17H24BrN3O2/c1-12(15(22)23-3)10-20-16(19-2)21-11-17(8-9-17)13-6-4-5-7-14(13)18/h4-7,12H,8-11H2,1-3H3,(H2,19,20,21). The minimum Gasteiger partial charge on any atom is -0.469 e. The van der Waals surface area contributed by atoms with Gasteiger partial charge in [-0.1, -0.05) is 41.1 Å². The molecule has 0 aliphatic heterocycles. The number of carbonyl (C=O) groups is 1. The number of halogens is 1. The van der Waals surface area contributed by atoms with E-state index < -0.39 is 0 Å². The van der Waals surface area contributed by atoms with Crippen molar-refractivity contribution in [2.75, 3.05) is 27.2 Å². The van der Waals surface area contributed by atoms with Crippen LogP contribution < -0.4 is 10.6 Å². The van der Waals surface area contributed by atoms with Crippen LogP contribution in [-0.2, 0) is 14.9 Å². The van der Waals surface area contributed by atoms with Gasteiger partial charge >= 0.3 is 5.97 Å². The Balaban J connectivity index is 1.89. The summed E-state index contributed by atoms with van der Waals surface area (Å²) in [5.41, 5.74) is 1.51. The fourth-order valence-electron chi connectivity index (χ4n) is 2.59. The van der Waals surface area contributed by atoms with Gasteiger partial charge in [-0.3, -0.25) is 9.79 Å². The van der Waals surface area contributed by atoms with Crippen molar-refractivity contribution in [3.63, 3.8) is 0 Å². The van der Waals surface area contributed by atoms with Gasteiger partial charge in [0.15, 0.2) is 5.96 Å². The van der Waals surface area contributed by atoms with E-state index in [4.69, 9.17) is 4.74 Å². The smallest absolute Gasteiger partial charge is 0.310 e. The summed E-state index contributed by atoms with van der Waals surface area (Å²) in [6.07, 6.45) is 2.33. The third-order valence-corrected chi connectivity index (χ3v) is 4.99. The van der Waals surface area contributed by atoms with Crippen LogP contribution in [0.4, 0.5) is 0 Å². The number of carbonyl (C=O) groups excluding carboxylic acids is 1. The van der Waals surface area contributed by atoms with Crippen molar-refractivity contribution in [2.24, 2.45) is 10.9 Å². The SMILES string of the molecule is CN=C(NCC(C)C(=O)OC)NCC1(c2ccccc2Br)CC1. The van der Waals surface area contributed by atoms with Gasteiger partial charge in [-0.15, -0.1) is 0 Å². The Hall–Kier alpha value is -1.56. The number of hydrogen-bond donors (Lipinski definition) is 2. The van der Waals surface area contributed by atoms with Crippen LogP contribution >= 0.6 is 15.9 Å². The molecule has 23 heavy (non-hydrogen) atoms. The maximum absolute atomic E-state index is 11.4. The quantitative estimate of drug-likeness (QED) is 0.451. The largest absolute Gasteiger partial charge is 0.469 e. The van der Waals surface area contributed by atoms with Crippen LogP contribution in [0.3, 0.4) is 0 Å². The van der Waals surface area contributed by atoms with Crippen molar-refractivity contribution in [3.05, 3.63) is 34.3 Å². The number of aliphatic imine (C=N–C) groups is 1. The molecule has 1 fully saturated rings. The van der Waals surface area contributed by atoms with Gasteiger partial charge in [0.05, 0.1) is 13.0 Å². The molecular formula is C17H24BrN3O2. The number of esters is 1. The molecule has 0 bridgehead atoms. The molecule has 2 rings (SSSR count). The predicted octanol–water partition coefficient (Wildman–Crippen LogP) is 2.45. The van der Waals surface area contributed by atoms with Crippen LogP contribution in [0.5, 0.6) is 0 Å². The van der Waals surface area contributed by atoms with E-state index in [0.29, 0.717) is 12.5 Å². The number of nitrogens with one attached hydrogen (secondary N) is 2. The second-order valence-corrected chi connectivity index (χ2v) is 6.85. The molecule has 0 radical (unpaired) electrons. The Bertz CT molecular complexity index is 585. The van der Waals surface area contributed by atoms with E-state index >= 15 is 0 Å². The van der Waals surface area contributed by atoms with Gasteiger partial charge in [0, 0.05) is 30.0 Å². The second kappa shape index (κ2) is 7.81. The minimum atomic E-state index is -0.222. The number of nitrogens with zero attached hydrogens (tertiary/aromatic N) is 1. The van der Waals surface area contributed by atoms with Crippen molar-refractivity contribution < 1.29 is 9.53 Å². The molecule has 0 amide bonds. The zero-order valence-electron chi connectivity index (χ0n) is 13.9. The van der Waals surface area contributed by atoms with Gasteiger partial charge in [-0.25, -0.2) is 0 Å². The Kier molecular flexibility index (Phi) is 6.04. The molecule has 6 heteroatoms. The van der Waals surface area contributed by atoms with E-state index in [-0.39, 0.29) is 17.3 Å². The van der Waals surface area contributed by atoms with Gasteiger partial charge in [-0.05, 0) is 24.5 Å². The normalized spacial score (nSPS) is 17.3. The van der Waals surface area contributed by atoms with Crippen molar-refractivity contribution in [2.45, 2.75) is 25.2 Å². The zero-order chi connectivity index (χ0) is 16.9. The highest BCUT2D eigenvalue weighted by atomic mass is 79.9. The van der Waals surface area contributed by atoms with Gasteiger partial charge < -0.3 is 15.4 Å². The summed E-state index contributed by atoms with van der Waals surface area (Å²) in [6, 6.07) is 8.37. The summed E-state index contributed by atoms with van der Waals surface area (Å²) in [7, 11) is 3.14. The fourth-order valence-corrected chi connectivity index (χ4v) is 3.30. The third kappa shape index (κ3) is 4.47. The molecule has 1 atom stereocenters. The summed E-state index contributed by atoms with van der Waals surface area (Å²) in [4.78, 5) is 15.7. The summed E-state index contributed by atoms with van der Waals surface area (Å²) in [5.74, 6) is 0.274. The van der Waals surface area contributed by atoms with Gasteiger partial charge in [0.25, 0.3) is 0 Å². The number of ether oxygens (including phenoxy) is 1. The maximum Gasteiger partial charge on any atom is 0.310 e. The van der Waals surface area contributed by atoms with Gasteiger partial charge in [0.2, 0.25) is 0 Å². The first-order valence-electron chi connectivity index (χ1n) is 7.80. The van der Waals surface area contributed by atoms with Crippen LogP contribution in [0.15, 0.2) is 33.7 Å². The first-order chi connectivity index (χ1) is 11.0. The number of rotatable bonds is 6. The highest BCUT2D eigenvalue weighted by Gasteiger charge is 2.45. The minimum absolute atomic E-state index is 0.172. The number of benzene rings is 1. The Morgan fingerprint density at radius 2 is 2.09 bits per heavy atom. The van der Waals surface area contributed by atoms with E-state index in [0.717, 1.165) is 23.9 Å². The van der Waals surface area contributed by atoms with Crippen LogP contribution in [0.2, 0.25) is 0 Å². The average molecular weight is 382 g/mol. The molecule has 1 aromatic carbocycles. The lowest BCUT2D eigenvalue weighted by molar-refractivity contribution is -0.144. The fraction of sp³-hybridized carbons (Fsp3) is 0.529. The number of guanidine groups is 1. The first-order valence-corrected chi connectivity index (χ1v) is 8.59. The van der Waals surface area contributed by atoms with E-state index in [9.17, 15) is 4.79 Å². The van der Waals surface area contributed by atoms with E-state index in [2.05, 4.69) is 49.8 Å². The molecule has 0 saturated heterocycles. The lowest BCUT2D eigenvalue weighted by atomic mass is 9.96. The van der Waals surface area contributed by atoms with E-state index in [1.54, 1.807) is 7.05 Å². The molecule has 0 spiro atoms. The second-order valence-electron chi connectivity index (χ2n) is 5.99. The monoisotopic (exact) mass is 381 g/mol. The van der Waals surface area contributed by atoms with Crippen molar-refractivity contribution in [1.29, 1.82) is 0 Å². The molecule has 1 aliphatic rings. The molecule has 126 valence electrons. The lowest BCUT2D eigenvalue weighted by Gasteiger charge is -2.21. The van der Waals surface area contributed by atoms with Gasteiger partial charge in [0.1, 0.15) is 0 Å². The summed E-state index contributed by atoms with van der Waals surface area (Å²) in [5, 5.41) is 6.55. The third-order valence-electron chi connectivity index (χ3n) is 4.30. The van der Waals surface area contributed by atoms with Crippen LogP contribution in [0.25, 0.3) is 0 Å². The molecular weight excluding hydrogens is 358 g/mol. The van der Waals surface area contributed by atoms with Crippen LogP contribution in [-0.4, -0.2) is 39.2 Å². The highest BCUT2D eigenvalue weighted by molar-refractivity contribution is 9.10. The molecule has 1 unspecified atom stereocenters. The molecule has 5 nitrogen and oxygen atoms in total. The Morgan fingerprint density at radius 1 is 1.39 bits per heavy atom. The van der Waals surface area contributed by atoms with Crippen molar-refractivity contribution in [1.82, 2.24) is 10.6 Å². The van der Waals surface area contributed by atoms with E-state index in [1.807, 2.05) is 13.0 Å². The van der Waals surface area contributed by atoms with Crippen LogP contribution in [0, 0.1) is 5.92 Å². The summed E-state index contributed by atoms with van der Waals surface area (Å²) < 4.78 is 5.88. The Morgan fingerprint density at radius 3 is 2.65 bits per heavy atom. The van der Waals surface area contributed by atoms with Crippen molar-refractivity contribution >= 4 is 27.9 Å². The molecule has 0 aromatic heterocycles. The first kappa shape index (κ1) is 17.8. The topological polar surface area (TPSA) is 62.7 Å². The highest BCUT2D eigenvalue weighted by Crippen LogP contribution is 2.49.